The van der Waals surface area contributed by atoms with Gasteiger partial charge < -0.3 is 14.4 Å². The summed E-state index contributed by atoms with van der Waals surface area (Å²) in [6.07, 6.45) is 0.174. The Labute approximate surface area is 202 Å². The van der Waals surface area contributed by atoms with Crippen LogP contribution in [0.5, 0.6) is 5.75 Å². The third-order valence-corrected chi connectivity index (χ3v) is 6.94. The first-order valence-corrected chi connectivity index (χ1v) is 12.6. The average molecular weight is 482 g/mol. The number of ether oxygens (including phenoxy) is 2. The molecule has 1 amide bonds. The van der Waals surface area contributed by atoms with Gasteiger partial charge in [-0.2, -0.15) is 0 Å². The van der Waals surface area contributed by atoms with Gasteiger partial charge >= 0.3 is 6.09 Å². The van der Waals surface area contributed by atoms with Crippen LogP contribution in [0.2, 0.25) is 0 Å². The number of sulfone groups is 1. The first-order chi connectivity index (χ1) is 16.1. The summed E-state index contributed by atoms with van der Waals surface area (Å²) >= 11 is 0. The summed E-state index contributed by atoms with van der Waals surface area (Å²) < 4.78 is 36.9. The van der Waals surface area contributed by atoms with Crippen LogP contribution in [0.1, 0.15) is 31.9 Å². The van der Waals surface area contributed by atoms with Gasteiger partial charge in [0, 0.05) is 13.1 Å². The highest BCUT2D eigenvalue weighted by molar-refractivity contribution is 7.91. The van der Waals surface area contributed by atoms with E-state index >= 15 is 0 Å². The standard InChI is InChI=1S/C27H31NO5S/c1-27(2,3)33-26(29)28(20-22-10-6-5-7-11-22)19-18-21-14-16-23(17-15-21)34(30,31)25-13-9-8-12-24(25)32-4/h5-17H,18-20H2,1-4H3. The molecule has 3 rings (SSSR count). The molecule has 3 aromatic rings. The molecule has 0 spiro atoms. The second kappa shape index (κ2) is 10.7. The minimum Gasteiger partial charge on any atom is -0.495 e. The number of rotatable bonds is 8. The lowest BCUT2D eigenvalue weighted by Gasteiger charge is -2.27. The molecule has 0 atom stereocenters. The van der Waals surface area contributed by atoms with Crippen molar-refractivity contribution in [3.05, 3.63) is 90.0 Å². The summed E-state index contributed by atoms with van der Waals surface area (Å²) in [5.74, 6) is 0.306. The van der Waals surface area contributed by atoms with Crippen molar-refractivity contribution in [2.45, 2.75) is 49.1 Å². The SMILES string of the molecule is COc1ccccc1S(=O)(=O)c1ccc(CCN(Cc2ccccc2)C(=O)OC(C)(C)C)cc1. The van der Waals surface area contributed by atoms with E-state index in [9.17, 15) is 13.2 Å². The van der Waals surface area contributed by atoms with Gasteiger partial charge in [0.1, 0.15) is 16.2 Å². The molecule has 7 heteroatoms. The summed E-state index contributed by atoms with van der Waals surface area (Å²) in [7, 11) is -2.27. The number of carbonyl (C=O) groups is 1. The van der Waals surface area contributed by atoms with Gasteiger partial charge in [0.15, 0.2) is 0 Å². The van der Waals surface area contributed by atoms with E-state index in [1.165, 1.54) is 13.2 Å². The molecule has 0 saturated heterocycles. The number of hydrogen-bond acceptors (Lipinski definition) is 5. The molecule has 0 bridgehead atoms. The second-order valence-electron chi connectivity index (χ2n) is 8.94. The van der Waals surface area contributed by atoms with Crippen LogP contribution in [-0.4, -0.2) is 38.7 Å². The fourth-order valence-corrected chi connectivity index (χ4v) is 4.85. The van der Waals surface area contributed by atoms with Crippen LogP contribution in [0.4, 0.5) is 4.79 Å². The zero-order valence-electron chi connectivity index (χ0n) is 20.0. The van der Waals surface area contributed by atoms with Crippen molar-refractivity contribution < 1.29 is 22.7 Å². The lowest BCUT2D eigenvalue weighted by molar-refractivity contribution is 0.0236. The van der Waals surface area contributed by atoms with E-state index in [-0.39, 0.29) is 15.9 Å². The van der Waals surface area contributed by atoms with Crippen molar-refractivity contribution in [2.24, 2.45) is 0 Å². The molecular formula is C27H31NO5S. The highest BCUT2D eigenvalue weighted by Crippen LogP contribution is 2.29. The van der Waals surface area contributed by atoms with Crippen LogP contribution in [0.15, 0.2) is 88.7 Å². The minimum absolute atomic E-state index is 0.129. The van der Waals surface area contributed by atoms with Crippen molar-refractivity contribution in [2.75, 3.05) is 13.7 Å². The molecule has 0 saturated carbocycles. The fourth-order valence-electron chi connectivity index (χ4n) is 3.43. The molecule has 180 valence electrons. The maximum Gasteiger partial charge on any atom is 0.410 e. The summed E-state index contributed by atoms with van der Waals surface area (Å²) in [6.45, 7) is 6.38. The second-order valence-corrected chi connectivity index (χ2v) is 10.9. The van der Waals surface area contributed by atoms with E-state index in [4.69, 9.17) is 9.47 Å². The third-order valence-electron chi connectivity index (χ3n) is 5.13. The quantitative estimate of drug-likeness (QED) is 0.424. The zero-order chi connectivity index (χ0) is 24.8. The van der Waals surface area contributed by atoms with Gasteiger partial charge in [0.05, 0.1) is 12.0 Å². The number of hydrogen-bond donors (Lipinski definition) is 0. The predicted octanol–water partition coefficient (Wildman–Crippen LogP) is 5.51. The smallest absolute Gasteiger partial charge is 0.410 e. The van der Waals surface area contributed by atoms with Crippen molar-refractivity contribution in [1.82, 2.24) is 4.90 Å². The maximum absolute atomic E-state index is 13.1. The van der Waals surface area contributed by atoms with Crippen molar-refractivity contribution in [3.63, 3.8) is 0 Å². The van der Waals surface area contributed by atoms with Crippen molar-refractivity contribution in [1.29, 1.82) is 0 Å². The van der Waals surface area contributed by atoms with Crippen LogP contribution >= 0.6 is 0 Å². The highest BCUT2D eigenvalue weighted by Gasteiger charge is 2.23. The van der Waals surface area contributed by atoms with Gasteiger partial charge in [-0.25, -0.2) is 13.2 Å². The first-order valence-electron chi connectivity index (χ1n) is 11.1. The van der Waals surface area contributed by atoms with E-state index in [0.717, 1.165) is 11.1 Å². The molecule has 0 aliphatic rings. The molecule has 0 aliphatic heterocycles. The van der Waals surface area contributed by atoms with Gasteiger partial charge in [0.2, 0.25) is 9.84 Å². The molecule has 0 heterocycles. The van der Waals surface area contributed by atoms with Gasteiger partial charge in [-0.05, 0) is 62.6 Å². The van der Waals surface area contributed by atoms with E-state index < -0.39 is 15.4 Å². The Morgan fingerprint density at radius 3 is 2.09 bits per heavy atom. The molecule has 0 aliphatic carbocycles. The molecule has 0 fully saturated rings. The van der Waals surface area contributed by atoms with Crippen molar-refractivity contribution in [3.8, 4) is 5.75 Å². The highest BCUT2D eigenvalue weighted by atomic mass is 32.2. The summed E-state index contributed by atoms with van der Waals surface area (Å²) in [4.78, 5) is 14.8. The van der Waals surface area contributed by atoms with E-state index in [1.807, 2.05) is 51.1 Å². The molecule has 34 heavy (non-hydrogen) atoms. The van der Waals surface area contributed by atoms with Gasteiger partial charge in [-0.3, -0.25) is 0 Å². The largest absolute Gasteiger partial charge is 0.495 e. The van der Waals surface area contributed by atoms with Crippen LogP contribution in [0.3, 0.4) is 0 Å². The zero-order valence-corrected chi connectivity index (χ0v) is 20.8. The van der Waals surface area contributed by atoms with E-state index in [2.05, 4.69) is 0 Å². The predicted molar refractivity (Wildman–Crippen MR) is 132 cm³/mol. The minimum atomic E-state index is -3.71. The number of carbonyl (C=O) groups excluding carboxylic acids is 1. The fraction of sp³-hybridized carbons (Fsp3) is 0.296. The van der Waals surface area contributed by atoms with Crippen LogP contribution in [0, 0.1) is 0 Å². The maximum atomic E-state index is 13.1. The van der Waals surface area contributed by atoms with Crippen LogP contribution < -0.4 is 4.74 Å². The van der Waals surface area contributed by atoms with Crippen LogP contribution in [0.25, 0.3) is 0 Å². The number of methoxy groups -OCH3 is 1. The lowest BCUT2D eigenvalue weighted by Crippen LogP contribution is -2.37. The Balaban J connectivity index is 1.75. The van der Waals surface area contributed by atoms with Crippen LogP contribution in [-0.2, 0) is 27.5 Å². The Morgan fingerprint density at radius 1 is 0.853 bits per heavy atom. The average Bonchev–Trinajstić information content (AvgIpc) is 2.81. The monoisotopic (exact) mass is 481 g/mol. The lowest BCUT2D eigenvalue weighted by atomic mass is 10.1. The Morgan fingerprint density at radius 2 is 1.47 bits per heavy atom. The molecule has 0 radical (unpaired) electrons. The van der Waals surface area contributed by atoms with Crippen molar-refractivity contribution >= 4 is 15.9 Å². The molecular weight excluding hydrogens is 450 g/mol. The molecule has 6 nitrogen and oxygen atoms in total. The van der Waals surface area contributed by atoms with E-state index in [1.54, 1.807) is 47.4 Å². The van der Waals surface area contributed by atoms with Gasteiger partial charge in [-0.1, -0.05) is 54.6 Å². The number of para-hydroxylation sites is 1. The number of amides is 1. The molecule has 0 unspecified atom stereocenters. The summed E-state index contributed by atoms with van der Waals surface area (Å²) in [5.41, 5.74) is 1.33. The topological polar surface area (TPSA) is 72.9 Å². The Hall–Kier alpha value is -3.32. The summed E-state index contributed by atoms with van der Waals surface area (Å²) in [6, 6.07) is 23.0. The molecule has 0 aromatic heterocycles. The normalized spacial score (nSPS) is 11.6. The third kappa shape index (κ3) is 6.60. The Bertz CT molecular complexity index is 1200. The van der Waals surface area contributed by atoms with E-state index in [0.29, 0.717) is 25.3 Å². The molecule has 3 aromatic carbocycles. The first kappa shape index (κ1) is 25.3. The van der Waals surface area contributed by atoms with Gasteiger partial charge in [0.25, 0.3) is 0 Å². The molecule has 0 N–H and O–H groups in total. The van der Waals surface area contributed by atoms with Gasteiger partial charge in [-0.15, -0.1) is 0 Å². The number of benzene rings is 3. The number of nitrogens with zero attached hydrogens (tertiary/aromatic N) is 1. The summed E-state index contributed by atoms with van der Waals surface area (Å²) in [5, 5.41) is 0. The Kier molecular flexibility index (Phi) is 7.99.